The van der Waals surface area contributed by atoms with Crippen LogP contribution in [0, 0.1) is 29.1 Å². The van der Waals surface area contributed by atoms with Crippen LogP contribution >= 0.6 is 0 Å². The number of unbranched alkanes of at least 4 members (excludes halogenated alkanes) is 4. The van der Waals surface area contributed by atoms with Crippen molar-refractivity contribution < 1.29 is 19.7 Å². The van der Waals surface area contributed by atoms with Crippen LogP contribution in [0.4, 0.5) is 0 Å². The van der Waals surface area contributed by atoms with Gasteiger partial charge >= 0.3 is 0 Å². The molecule has 2 aromatic rings. The Balaban J connectivity index is 1.14. The van der Waals surface area contributed by atoms with E-state index in [2.05, 4.69) is 56.0 Å². The lowest BCUT2D eigenvalue weighted by molar-refractivity contribution is -0.130. The van der Waals surface area contributed by atoms with E-state index in [-0.39, 0.29) is 17.4 Å². The van der Waals surface area contributed by atoms with E-state index in [0.29, 0.717) is 42.4 Å². The number of benzene rings is 2. The van der Waals surface area contributed by atoms with Crippen molar-refractivity contribution in [1.29, 1.82) is 0 Å². The number of phenols is 1. The number of hydrogen-bond acceptors (Lipinski definition) is 4. The van der Waals surface area contributed by atoms with E-state index < -0.39 is 0 Å². The lowest BCUT2D eigenvalue weighted by atomic mass is 9.51. The van der Waals surface area contributed by atoms with Gasteiger partial charge in [-0.2, -0.15) is 0 Å². The van der Waals surface area contributed by atoms with Crippen LogP contribution in [-0.4, -0.2) is 47.3 Å². The van der Waals surface area contributed by atoms with Crippen molar-refractivity contribution in [2.75, 3.05) is 20.2 Å². The summed E-state index contributed by atoms with van der Waals surface area (Å²) in [5.74, 6) is 9.63. The summed E-state index contributed by atoms with van der Waals surface area (Å²) in [6.07, 6.45) is 11.5. The van der Waals surface area contributed by atoms with Gasteiger partial charge in [-0.3, -0.25) is 4.79 Å². The lowest BCUT2D eigenvalue weighted by Crippen LogP contribution is -2.47. The molecule has 3 aliphatic carbocycles. The summed E-state index contributed by atoms with van der Waals surface area (Å²) in [5.41, 5.74) is 3.94. The fourth-order valence-corrected chi connectivity index (χ4v) is 8.44. The molecule has 3 aliphatic rings. The molecule has 5 rings (SSSR count). The van der Waals surface area contributed by atoms with Crippen LogP contribution in [0.5, 0.6) is 11.5 Å². The molecule has 43 heavy (non-hydrogen) atoms. The zero-order valence-electron chi connectivity index (χ0n) is 26.5. The molecule has 0 saturated heterocycles. The average molecular weight is 586 g/mol. The quantitative estimate of drug-likeness (QED) is 0.211. The molecule has 5 heteroatoms. The highest BCUT2D eigenvalue weighted by Gasteiger charge is 2.57. The molecule has 0 bridgehead atoms. The molecule has 0 radical (unpaired) electrons. The second-order valence-corrected chi connectivity index (χ2v) is 13.6. The Morgan fingerprint density at radius 1 is 1.05 bits per heavy atom. The van der Waals surface area contributed by atoms with E-state index in [1.54, 1.807) is 0 Å². The first-order valence-corrected chi connectivity index (χ1v) is 16.7. The highest BCUT2D eigenvalue weighted by Crippen LogP contribution is 2.65. The summed E-state index contributed by atoms with van der Waals surface area (Å²) < 4.78 is 5.96. The lowest BCUT2D eigenvalue weighted by Gasteiger charge is -2.54. The Labute approximate surface area is 259 Å². The molecule has 0 aliphatic heterocycles. The van der Waals surface area contributed by atoms with Gasteiger partial charge in [0.15, 0.2) is 0 Å². The molecule has 2 aromatic carbocycles. The molecule has 2 fully saturated rings. The number of aliphatic hydroxyl groups excluding tert-OH is 1. The van der Waals surface area contributed by atoms with E-state index in [1.165, 1.54) is 16.7 Å². The van der Waals surface area contributed by atoms with Gasteiger partial charge in [-0.15, -0.1) is 0 Å². The van der Waals surface area contributed by atoms with Crippen LogP contribution in [0.2, 0.25) is 0 Å². The fourth-order valence-electron chi connectivity index (χ4n) is 8.44. The predicted molar refractivity (Wildman–Crippen MR) is 172 cm³/mol. The second kappa shape index (κ2) is 14.2. The third kappa shape index (κ3) is 7.07. The number of ether oxygens (including phenoxy) is 1. The molecule has 5 nitrogen and oxygen atoms in total. The first-order chi connectivity index (χ1) is 20.8. The molecule has 0 aromatic heterocycles. The summed E-state index contributed by atoms with van der Waals surface area (Å²) in [4.78, 5) is 14.0. The second-order valence-electron chi connectivity index (χ2n) is 13.6. The molecule has 2 N–H and O–H groups in total. The Kier molecular flexibility index (Phi) is 10.4. The van der Waals surface area contributed by atoms with Crippen molar-refractivity contribution in [2.24, 2.45) is 17.3 Å². The topological polar surface area (TPSA) is 70.0 Å². The third-order valence-electron chi connectivity index (χ3n) is 10.9. The van der Waals surface area contributed by atoms with Crippen molar-refractivity contribution in [3.63, 3.8) is 0 Å². The number of amides is 1. The van der Waals surface area contributed by atoms with Crippen LogP contribution in [0.3, 0.4) is 0 Å². The van der Waals surface area contributed by atoms with Gasteiger partial charge < -0.3 is 19.8 Å². The van der Waals surface area contributed by atoms with Crippen molar-refractivity contribution >= 4 is 5.91 Å². The molecule has 0 unspecified atom stereocenters. The smallest absolute Gasteiger partial charge is 0.222 e. The Bertz CT molecular complexity index is 1290. The number of fused-ring (bicyclic) bond motifs is 5. The van der Waals surface area contributed by atoms with Gasteiger partial charge in [-0.1, -0.05) is 56.7 Å². The normalized spacial score (nSPS) is 27.3. The van der Waals surface area contributed by atoms with E-state index >= 15 is 0 Å². The Morgan fingerprint density at radius 3 is 2.65 bits per heavy atom. The highest BCUT2D eigenvalue weighted by molar-refractivity contribution is 5.75. The number of phenolic OH excluding ortho intramolecular Hbond substituents is 1. The van der Waals surface area contributed by atoms with Crippen LogP contribution in [-0.2, 0) is 11.2 Å². The van der Waals surface area contributed by atoms with E-state index in [4.69, 9.17) is 4.74 Å². The van der Waals surface area contributed by atoms with Crippen molar-refractivity contribution in [3.05, 3.63) is 59.2 Å². The van der Waals surface area contributed by atoms with Crippen molar-refractivity contribution in [3.8, 4) is 23.3 Å². The number of aromatic hydroxyl groups is 1. The minimum Gasteiger partial charge on any atom is -0.508 e. The van der Waals surface area contributed by atoms with Gasteiger partial charge in [-0.05, 0) is 121 Å². The highest BCUT2D eigenvalue weighted by atomic mass is 16.5. The van der Waals surface area contributed by atoms with Crippen molar-refractivity contribution in [1.82, 2.24) is 4.90 Å². The van der Waals surface area contributed by atoms with Gasteiger partial charge in [0.25, 0.3) is 0 Å². The monoisotopic (exact) mass is 585 g/mol. The number of nitrogens with zero attached hydrogens (tertiary/aromatic N) is 1. The number of aryl methyl sites for hydroxylation is 1. The minimum absolute atomic E-state index is 0.0501. The molecule has 0 heterocycles. The molecule has 0 spiro atoms. The number of hydrogen-bond donors (Lipinski definition) is 2. The average Bonchev–Trinajstić information content (AvgIpc) is 3.32. The zero-order chi connectivity index (χ0) is 30.4. The molecular formula is C38H51NO4. The van der Waals surface area contributed by atoms with Crippen LogP contribution in [0.15, 0.2) is 42.5 Å². The maximum atomic E-state index is 12.1. The summed E-state index contributed by atoms with van der Waals surface area (Å²) in [5, 5.41) is 21.3. The van der Waals surface area contributed by atoms with E-state index in [0.717, 1.165) is 82.9 Å². The molecule has 1 amide bonds. The molecular weight excluding hydrogens is 534 g/mol. The zero-order valence-corrected chi connectivity index (χ0v) is 26.5. The maximum absolute atomic E-state index is 12.1. The van der Waals surface area contributed by atoms with Gasteiger partial charge in [-0.25, -0.2) is 0 Å². The SMILES string of the molecule is CCCCN(C)C(=O)CCCCCC#CCOc1ccc([C@H]2C[C@]3(C)[C@@H](O)CC[C@H]3[C@@H]3CCc4cc(O)ccc4[C@H]32)cc1. The first kappa shape index (κ1) is 31.5. The van der Waals surface area contributed by atoms with E-state index in [9.17, 15) is 15.0 Å². The van der Waals surface area contributed by atoms with Crippen molar-refractivity contribution in [2.45, 2.75) is 109 Å². The Hall–Kier alpha value is -2.97. The van der Waals surface area contributed by atoms with E-state index in [1.807, 2.05) is 24.1 Å². The summed E-state index contributed by atoms with van der Waals surface area (Å²) >= 11 is 0. The van der Waals surface area contributed by atoms with Crippen LogP contribution < -0.4 is 4.74 Å². The Morgan fingerprint density at radius 2 is 1.86 bits per heavy atom. The van der Waals surface area contributed by atoms with Crippen LogP contribution in [0.1, 0.15) is 113 Å². The van der Waals surface area contributed by atoms with Gasteiger partial charge in [0.1, 0.15) is 18.1 Å². The summed E-state index contributed by atoms with van der Waals surface area (Å²) in [6, 6.07) is 14.5. The van der Waals surface area contributed by atoms with Gasteiger partial charge in [0, 0.05) is 26.4 Å². The first-order valence-electron chi connectivity index (χ1n) is 16.7. The summed E-state index contributed by atoms with van der Waals surface area (Å²) in [7, 11) is 1.90. The third-order valence-corrected chi connectivity index (χ3v) is 10.9. The number of aliphatic hydroxyl groups is 1. The molecule has 2 saturated carbocycles. The summed E-state index contributed by atoms with van der Waals surface area (Å²) in [6.45, 7) is 5.70. The number of carbonyl (C=O) groups excluding carboxylic acids is 1. The fraction of sp³-hybridized carbons (Fsp3) is 0.605. The van der Waals surface area contributed by atoms with Crippen LogP contribution in [0.25, 0.3) is 0 Å². The number of carbonyl (C=O) groups is 1. The number of rotatable bonds is 11. The maximum Gasteiger partial charge on any atom is 0.222 e. The van der Waals surface area contributed by atoms with Gasteiger partial charge in [0.2, 0.25) is 5.91 Å². The minimum atomic E-state index is -0.233. The molecule has 232 valence electrons. The predicted octanol–water partition coefficient (Wildman–Crippen LogP) is 7.59. The molecule has 6 atom stereocenters. The largest absolute Gasteiger partial charge is 0.508 e. The standard InChI is InChI=1S/C38H51NO4/c1-4-5-23-39(3)36(42)12-10-8-6-7-9-11-24-43-30-17-13-27(14-18-30)33-26-38(2)34(21-22-35(38)41)32-19-15-28-25-29(40)16-20-31(28)37(32)33/h13-14,16-18,20,25,32-35,37,40-41H,4-8,10,12,15,19,21-24,26H2,1-3H3/t32-,33+,34-,35-,37+,38-/m0/s1. The van der Waals surface area contributed by atoms with Gasteiger partial charge in [0.05, 0.1) is 6.10 Å².